The van der Waals surface area contributed by atoms with Crippen LogP contribution in [0.5, 0.6) is 0 Å². The van der Waals surface area contributed by atoms with E-state index in [1.807, 2.05) is 42.7 Å². The van der Waals surface area contributed by atoms with Crippen LogP contribution in [0.3, 0.4) is 0 Å². The molecule has 0 N–H and O–H groups in total. The van der Waals surface area contributed by atoms with Crippen LogP contribution in [0.2, 0.25) is 0 Å². The van der Waals surface area contributed by atoms with Gasteiger partial charge in [-0.25, -0.2) is 0 Å². The van der Waals surface area contributed by atoms with Crippen molar-refractivity contribution in [2.24, 2.45) is 0 Å². The van der Waals surface area contributed by atoms with Crippen molar-refractivity contribution in [2.45, 2.75) is 0 Å². The maximum atomic E-state index is 4.60. The summed E-state index contributed by atoms with van der Waals surface area (Å²) < 4.78 is 0. The highest BCUT2D eigenvalue weighted by Crippen LogP contribution is 2.50. The molecule has 16 rings (SSSR count). The Kier molecular flexibility index (Phi) is 10.2. The lowest BCUT2D eigenvalue weighted by molar-refractivity contribution is 1.33. The Hall–Kier alpha value is -10.0. The van der Waals surface area contributed by atoms with E-state index in [1.54, 1.807) is 0 Å². The van der Waals surface area contributed by atoms with Crippen molar-refractivity contribution in [3.8, 4) is 112 Å². The maximum Gasteiger partial charge on any atom is 0.0708 e. The SMILES string of the molecule is c1ccc(-c2ccc(-c3ccc4cc(-c5cc6c7c(cccc7c5)-c5ccccc5-6)ccc4c3)cc2)nc1.c1ccc(-c2ccccc2-c2ccc3cc(-c4cc5c6c(cccc6c4)-c4ccccc4-5)ccc3c2)nc1. The number of rotatable bonds is 6. The van der Waals surface area contributed by atoms with E-state index >= 15 is 0 Å². The number of benzene rings is 12. The lowest BCUT2D eigenvalue weighted by Crippen LogP contribution is -1.88. The quantitative estimate of drug-likeness (QED) is 0.166. The van der Waals surface area contributed by atoms with E-state index < -0.39 is 0 Å². The van der Waals surface area contributed by atoms with Crippen LogP contribution in [0.1, 0.15) is 0 Å². The molecule has 0 radical (unpaired) electrons. The Balaban J connectivity index is 0.000000133. The normalized spacial score (nSPS) is 11.7. The summed E-state index contributed by atoms with van der Waals surface area (Å²) in [6.07, 6.45) is 3.69. The van der Waals surface area contributed by atoms with Gasteiger partial charge in [0, 0.05) is 23.5 Å². The average Bonchev–Trinajstić information content (AvgIpc) is 4.08. The molecular weight excluding hydrogens is 917 g/mol. The maximum absolute atomic E-state index is 4.60. The summed E-state index contributed by atoms with van der Waals surface area (Å²) in [5, 5.41) is 10.3. The largest absolute Gasteiger partial charge is 0.256 e. The molecule has 0 unspecified atom stereocenters. The number of pyridine rings is 2. The first-order valence-electron chi connectivity index (χ1n) is 26.1. The Morgan fingerprint density at radius 1 is 0.171 bits per heavy atom. The molecule has 0 atom stereocenters. The zero-order valence-corrected chi connectivity index (χ0v) is 41.5. The van der Waals surface area contributed by atoms with Gasteiger partial charge in [0.15, 0.2) is 0 Å². The molecule has 0 amide bonds. The average molecular weight is 963 g/mol. The van der Waals surface area contributed by atoms with Gasteiger partial charge in [-0.1, -0.05) is 194 Å². The number of hydrogen-bond donors (Lipinski definition) is 0. The smallest absolute Gasteiger partial charge is 0.0708 e. The number of hydrogen-bond acceptors (Lipinski definition) is 2. The molecule has 2 aliphatic carbocycles. The fourth-order valence-electron chi connectivity index (χ4n) is 12.0. The molecule has 0 bridgehead atoms. The number of nitrogens with zero attached hydrogens (tertiary/aromatic N) is 2. The second kappa shape index (κ2) is 17.9. The standard InChI is InChI=1S/2C37H23N/c1-4-12-33(36-14-5-6-19-38-36)30(9-1)27-18-17-24-20-26(16-15-25(24)21-27)29-22-28-8-7-13-34-31-10-2-3-11-32(31)35(23-29)37(28)34;1-2-8-33-32(7-1)34-9-5-6-30-22-31(23-35(33)37(30)34)29-18-17-27-20-26(15-16-28(27)21-29)24-11-13-25(14-12-24)36-10-3-4-19-38-36/h2*1-23H. The molecule has 0 aliphatic heterocycles. The molecule has 2 nitrogen and oxygen atoms in total. The second-order valence-corrected chi connectivity index (χ2v) is 20.1. The first kappa shape index (κ1) is 43.6. The highest BCUT2D eigenvalue weighted by molar-refractivity contribution is 6.18. The molecule has 12 aromatic carbocycles. The van der Waals surface area contributed by atoms with E-state index in [4.69, 9.17) is 0 Å². The zero-order valence-electron chi connectivity index (χ0n) is 41.5. The van der Waals surface area contributed by atoms with E-state index in [2.05, 4.69) is 247 Å². The highest BCUT2D eigenvalue weighted by Gasteiger charge is 2.23. The first-order chi connectivity index (χ1) is 37.6. The van der Waals surface area contributed by atoms with Gasteiger partial charge in [-0.15, -0.1) is 0 Å². The monoisotopic (exact) mass is 962 g/mol. The van der Waals surface area contributed by atoms with Crippen molar-refractivity contribution in [3.63, 3.8) is 0 Å². The summed E-state index contributed by atoms with van der Waals surface area (Å²) in [5.74, 6) is 0. The molecule has 76 heavy (non-hydrogen) atoms. The molecule has 352 valence electrons. The van der Waals surface area contributed by atoms with E-state index in [9.17, 15) is 0 Å². The van der Waals surface area contributed by atoms with Gasteiger partial charge >= 0.3 is 0 Å². The van der Waals surface area contributed by atoms with Gasteiger partial charge in [0.05, 0.1) is 11.4 Å². The highest BCUT2D eigenvalue weighted by atomic mass is 14.7. The Morgan fingerprint density at radius 3 is 1.01 bits per heavy atom. The van der Waals surface area contributed by atoms with Gasteiger partial charge in [0.2, 0.25) is 0 Å². The minimum absolute atomic E-state index is 0.993. The fraction of sp³-hybridized carbons (Fsp3) is 0. The van der Waals surface area contributed by atoms with Crippen molar-refractivity contribution < 1.29 is 0 Å². The van der Waals surface area contributed by atoms with E-state index in [1.165, 1.54) is 132 Å². The Labute approximate surface area is 441 Å². The molecule has 0 saturated carbocycles. The van der Waals surface area contributed by atoms with Gasteiger partial charge in [-0.3, -0.25) is 9.97 Å². The first-order valence-corrected chi connectivity index (χ1v) is 26.1. The summed E-state index contributed by atoms with van der Waals surface area (Å²) in [7, 11) is 0. The summed E-state index contributed by atoms with van der Waals surface area (Å²) in [5.41, 5.74) is 24.8. The van der Waals surface area contributed by atoms with Gasteiger partial charge in [-0.2, -0.15) is 0 Å². The van der Waals surface area contributed by atoms with Crippen molar-refractivity contribution in [1.82, 2.24) is 9.97 Å². The summed E-state index contributed by atoms with van der Waals surface area (Å²) in [4.78, 5) is 9.06. The molecule has 14 aromatic rings. The van der Waals surface area contributed by atoms with Gasteiger partial charge < -0.3 is 0 Å². The van der Waals surface area contributed by atoms with Crippen LogP contribution in [0.25, 0.3) is 155 Å². The van der Waals surface area contributed by atoms with Gasteiger partial charge in [0.25, 0.3) is 0 Å². The molecule has 2 aliphatic rings. The Bertz CT molecular complexity index is 4610. The predicted molar refractivity (Wildman–Crippen MR) is 320 cm³/mol. The van der Waals surface area contributed by atoms with Crippen LogP contribution in [0.4, 0.5) is 0 Å². The lowest BCUT2D eigenvalue weighted by atomic mass is 9.93. The van der Waals surface area contributed by atoms with Crippen molar-refractivity contribution in [3.05, 3.63) is 279 Å². The van der Waals surface area contributed by atoms with Crippen LogP contribution < -0.4 is 0 Å². The number of aromatic nitrogens is 2. The summed E-state index contributed by atoms with van der Waals surface area (Å²) in [6, 6.07) is 96.8. The van der Waals surface area contributed by atoms with Crippen LogP contribution in [-0.4, -0.2) is 9.97 Å². The minimum atomic E-state index is 0.993. The van der Waals surface area contributed by atoms with Crippen LogP contribution in [0.15, 0.2) is 279 Å². The molecule has 2 heterocycles. The van der Waals surface area contributed by atoms with Crippen LogP contribution >= 0.6 is 0 Å². The topological polar surface area (TPSA) is 25.8 Å². The minimum Gasteiger partial charge on any atom is -0.256 e. The summed E-state index contributed by atoms with van der Waals surface area (Å²) in [6.45, 7) is 0. The third kappa shape index (κ3) is 7.42. The van der Waals surface area contributed by atoms with Gasteiger partial charge in [0.1, 0.15) is 0 Å². The second-order valence-electron chi connectivity index (χ2n) is 20.1. The van der Waals surface area contributed by atoms with Crippen molar-refractivity contribution >= 4 is 43.1 Å². The van der Waals surface area contributed by atoms with Crippen LogP contribution in [0, 0.1) is 0 Å². The van der Waals surface area contributed by atoms with Crippen molar-refractivity contribution in [2.75, 3.05) is 0 Å². The molecule has 0 fully saturated rings. The Morgan fingerprint density at radius 2 is 0.526 bits per heavy atom. The zero-order chi connectivity index (χ0) is 50.1. The lowest BCUT2D eigenvalue weighted by Gasteiger charge is -2.12. The van der Waals surface area contributed by atoms with E-state index in [0.717, 1.165) is 22.5 Å². The molecule has 2 heteroatoms. The van der Waals surface area contributed by atoms with Gasteiger partial charge in [-0.05, 0) is 205 Å². The molecule has 0 spiro atoms. The van der Waals surface area contributed by atoms with E-state index in [0.29, 0.717) is 0 Å². The predicted octanol–water partition coefficient (Wildman–Crippen LogP) is 20.1. The summed E-state index contributed by atoms with van der Waals surface area (Å²) >= 11 is 0. The molecule has 0 saturated heterocycles. The molecular formula is C74H46N2. The number of fused-ring (bicyclic) bond motifs is 8. The van der Waals surface area contributed by atoms with E-state index in [-0.39, 0.29) is 0 Å². The fourth-order valence-corrected chi connectivity index (χ4v) is 12.0. The molecule has 2 aromatic heterocycles. The third-order valence-corrected chi connectivity index (χ3v) is 15.7. The third-order valence-electron chi connectivity index (χ3n) is 15.7. The van der Waals surface area contributed by atoms with Crippen LogP contribution in [-0.2, 0) is 0 Å². The van der Waals surface area contributed by atoms with Crippen molar-refractivity contribution in [1.29, 1.82) is 0 Å².